The van der Waals surface area contributed by atoms with Gasteiger partial charge in [-0.2, -0.15) is 5.10 Å². The number of hydrogen-bond acceptors (Lipinski definition) is 5. The number of morpholine rings is 1. The molecule has 0 radical (unpaired) electrons. The molecule has 7 nitrogen and oxygen atoms in total. The summed E-state index contributed by atoms with van der Waals surface area (Å²) in [6, 6.07) is -0.0159. The monoisotopic (exact) mass is 308 g/mol. The predicted octanol–water partition coefficient (Wildman–Crippen LogP) is 0.180. The quantitative estimate of drug-likeness (QED) is 0.859. The maximum absolute atomic E-state index is 12.4. The standard InChI is InChI=1S/C15H24N4O3/c1-3-19-9-11(8-16-19)14-12(4-6-22-14)17-15(20)13-10-18(2)5-7-21-13/h8-9,12-14H,3-7,10H2,1-2H3,(H,17,20)/t12-,13-,14+/m0/s1. The summed E-state index contributed by atoms with van der Waals surface area (Å²) < 4.78 is 13.2. The highest BCUT2D eigenvalue weighted by atomic mass is 16.5. The van der Waals surface area contributed by atoms with Crippen LogP contribution in [0.15, 0.2) is 12.4 Å². The molecular weight excluding hydrogens is 284 g/mol. The van der Waals surface area contributed by atoms with Gasteiger partial charge in [0, 0.05) is 38.0 Å². The molecule has 3 heterocycles. The van der Waals surface area contributed by atoms with Crippen molar-refractivity contribution in [1.82, 2.24) is 20.0 Å². The van der Waals surface area contributed by atoms with Crippen LogP contribution in [0.2, 0.25) is 0 Å². The lowest BCUT2D eigenvalue weighted by atomic mass is 10.0. The van der Waals surface area contributed by atoms with E-state index in [1.165, 1.54) is 0 Å². The Labute approximate surface area is 130 Å². The number of nitrogens with zero attached hydrogens (tertiary/aromatic N) is 3. The first-order valence-electron chi connectivity index (χ1n) is 7.92. The Morgan fingerprint density at radius 3 is 3.05 bits per heavy atom. The average molecular weight is 308 g/mol. The third-order valence-electron chi connectivity index (χ3n) is 4.29. The van der Waals surface area contributed by atoms with Gasteiger partial charge in [-0.15, -0.1) is 0 Å². The largest absolute Gasteiger partial charge is 0.371 e. The first-order valence-corrected chi connectivity index (χ1v) is 7.92. The number of aromatic nitrogens is 2. The van der Waals surface area contributed by atoms with Gasteiger partial charge in [0.05, 0.1) is 18.8 Å². The second kappa shape index (κ2) is 6.76. The molecule has 2 fully saturated rings. The van der Waals surface area contributed by atoms with Crippen molar-refractivity contribution in [3.8, 4) is 0 Å². The minimum atomic E-state index is -0.390. The molecule has 2 aliphatic rings. The van der Waals surface area contributed by atoms with Gasteiger partial charge in [-0.05, 0) is 20.4 Å². The number of likely N-dealkylation sites (N-methyl/N-ethyl adjacent to an activating group) is 1. The Bertz CT molecular complexity index is 519. The van der Waals surface area contributed by atoms with Crippen LogP contribution in [0.3, 0.4) is 0 Å². The second-order valence-electron chi connectivity index (χ2n) is 5.95. The lowest BCUT2D eigenvalue weighted by molar-refractivity contribution is -0.139. The zero-order chi connectivity index (χ0) is 15.5. The van der Waals surface area contributed by atoms with Gasteiger partial charge < -0.3 is 19.7 Å². The molecule has 0 bridgehead atoms. The summed E-state index contributed by atoms with van der Waals surface area (Å²) in [5, 5.41) is 7.38. The highest BCUT2D eigenvalue weighted by Gasteiger charge is 2.34. The van der Waals surface area contributed by atoms with Crippen molar-refractivity contribution in [2.45, 2.75) is 38.1 Å². The van der Waals surface area contributed by atoms with Crippen LogP contribution in [0.25, 0.3) is 0 Å². The highest BCUT2D eigenvalue weighted by Crippen LogP contribution is 2.29. The summed E-state index contributed by atoms with van der Waals surface area (Å²) in [5.41, 5.74) is 1.02. The predicted molar refractivity (Wildman–Crippen MR) is 80.4 cm³/mol. The van der Waals surface area contributed by atoms with Crippen LogP contribution in [-0.2, 0) is 20.8 Å². The Hall–Kier alpha value is -1.44. The van der Waals surface area contributed by atoms with Crippen LogP contribution >= 0.6 is 0 Å². The SMILES string of the molecule is CCn1cc([C@H]2OCC[C@@H]2NC(=O)[C@@H]2CN(C)CCO2)cn1. The van der Waals surface area contributed by atoms with Gasteiger partial charge in [-0.1, -0.05) is 0 Å². The van der Waals surface area contributed by atoms with Crippen molar-refractivity contribution in [3.05, 3.63) is 18.0 Å². The van der Waals surface area contributed by atoms with Crippen molar-refractivity contribution >= 4 is 5.91 Å². The first kappa shape index (κ1) is 15.5. The number of ether oxygens (including phenoxy) is 2. The molecular formula is C15H24N4O3. The van der Waals surface area contributed by atoms with E-state index in [0.717, 1.165) is 25.1 Å². The van der Waals surface area contributed by atoms with E-state index in [9.17, 15) is 4.79 Å². The fourth-order valence-corrected chi connectivity index (χ4v) is 2.98. The van der Waals surface area contributed by atoms with E-state index in [1.807, 2.05) is 31.0 Å². The zero-order valence-electron chi connectivity index (χ0n) is 13.2. The summed E-state index contributed by atoms with van der Waals surface area (Å²) >= 11 is 0. The lowest BCUT2D eigenvalue weighted by Gasteiger charge is -2.30. The molecule has 2 aliphatic heterocycles. The van der Waals surface area contributed by atoms with E-state index in [0.29, 0.717) is 19.8 Å². The average Bonchev–Trinajstić information content (AvgIpc) is 3.15. The Kier molecular flexibility index (Phi) is 4.75. The van der Waals surface area contributed by atoms with Gasteiger partial charge >= 0.3 is 0 Å². The minimum absolute atomic E-state index is 0.0159. The molecule has 0 aromatic carbocycles. The van der Waals surface area contributed by atoms with Crippen molar-refractivity contribution in [2.24, 2.45) is 0 Å². The number of nitrogens with one attached hydrogen (secondary N) is 1. The van der Waals surface area contributed by atoms with Crippen molar-refractivity contribution in [1.29, 1.82) is 0 Å². The number of amides is 1. The molecule has 0 aliphatic carbocycles. The first-order chi connectivity index (χ1) is 10.7. The number of carbonyl (C=O) groups excluding carboxylic acids is 1. The smallest absolute Gasteiger partial charge is 0.250 e. The van der Waals surface area contributed by atoms with Crippen molar-refractivity contribution in [2.75, 3.05) is 33.4 Å². The Balaban J connectivity index is 1.62. The van der Waals surface area contributed by atoms with E-state index in [-0.39, 0.29) is 18.1 Å². The molecule has 1 amide bonds. The molecule has 3 atom stereocenters. The second-order valence-corrected chi connectivity index (χ2v) is 5.95. The highest BCUT2D eigenvalue weighted by molar-refractivity contribution is 5.81. The Morgan fingerprint density at radius 1 is 1.45 bits per heavy atom. The molecule has 1 N–H and O–H groups in total. The molecule has 0 saturated carbocycles. The van der Waals surface area contributed by atoms with Gasteiger partial charge in [-0.3, -0.25) is 9.48 Å². The van der Waals surface area contributed by atoms with Crippen molar-refractivity contribution < 1.29 is 14.3 Å². The van der Waals surface area contributed by atoms with E-state index in [1.54, 1.807) is 0 Å². The summed E-state index contributed by atoms with van der Waals surface area (Å²) in [6.07, 6.45) is 4.11. The molecule has 0 unspecified atom stereocenters. The normalized spacial score (nSPS) is 29.6. The van der Waals surface area contributed by atoms with Gasteiger partial charge in [0.15, 0.2) is 0 Å². The maximum Gasteiger partial charge on any atom is 0.250 e. The van der Waals surface area contributed by atoms with Crippen LogP contribution in [0.4, 0.5) is 0 Å². The molecule has 2 saturated heterocycles. The van der Waals surface area contributed by atoms with E-state index in [4.69, 9.17) is 9.47 Å². The molecule has 122 valence electrons. The third-order valence-corrected chi connectivity index (χ3v) is 4.29. The topological polar surface area (TPSA) is 68.6 Å². The summed E-state index contributed by atoms with van der Waals surface area (Å²) in [5.74, 6) is -0.0464. The van der Waals surface area contributed by atoms with Gasteiger partial charge in [-0.25, -0.2) is 0 Å². The molecule has 3 rings (SSSR count). The van der Waals surface area contributed by atoms with Crippen LogP contribution < -0.4 is 5.32 Å². The van der Waals surface area contributed by atoms with Crippen LogP contribution in [0.5, 0.6) is 0 Å². The van der Waals surface area contributed by atoms with Crippen LogP contribution in [-0.4, -0.2) is 66.1 Å². The molecule has 22 heavy (non-hydrogen) atoms. The number of carbonyl (C=O) groups is 1. The molecule has 1 aromatic rings. The molecule has 0 spiro atoms. The number of rotatable bonds is 4. The van der Waals surface area contributed by atoms with Gasteiger partial charge in [0.2, 0.25) is 0 Å². The molecule has 7 heteroatoms. The van der Waals surface area contributed by atoms with E-state index >= 15 is 0 Å². The minimum Gasteiger partial charge on any atom is -0.371 e. The zero-order valence-corrected chi connectivity index (χ0v) is 13.2. The lowest BCUT2D eigenvalue weighted by Crippen LogP contribution is -2.51. The number of aryl methyl sites for hydroxylation is 1. The van der Waals surface area contributed by atoms with Crippen LogP contribution in [0, 0.1) is 0 Å². The van der Waals surface area contributed by atoms with Gasteiger partial charge in [0.1, 0.15) is 12.2 Å². The van der Waals surface area contributed by atoms with Crippen molar-refractivity contribution in [3.63, 3.8) is 0 Å². The molecule has 1 aromatic heterocycles. The van der Waals surface area contributed by atoms with Crippen LogP contribution in [0.1, 0.15) is 25.0 Å². The maximum atomic E-state index is 12.4. The van der Waals surface area contributed by atoms with E-state index in [2.05, 4.69) is 15.3 Å². The number of hydrogen-bond donors (Lipinski definition) is 1. The summed E-state index contributed by atoms with van der Waals surface area (Å²) in [7, 11) is 2.00. The fraction of sp³-hybridized carbons (Fsp3) is 0.733. The fourth-order valence-electron chi connectivity index (χ4n) is 2.98. The van der Waals surface area contributed by atoms with E-state index < -0.39 is 6.10 Å². The Morgan fingerprint density at radius 2 is 2.32 bits per heavy atom. The summed E-state index contributed by atoms with van der Waals surface area (Å²) in [6.45, 7) is 5.63. The third kappa shape index (κ3) is 3.31. The summed E-state index contributed by atoms with van der Waals surface area (Å²) in [4.78, 5) is 14.5. The van der Waals surface area contributed by atoms with Gasteiger partial charge in [0.25, 0.3) is 5.91 Å².